The maximum absolute atomic E-state index is 12.4. The van der Waals surface area contributed by atoms with E-state index in [0.29, 0.717) is 11.8 Å². The van der Waals surface area contributed by atoms with Crippen LogP contribution in [-0.4, -0.2) is 37.0 Å². The van der Waals surface area contributed by atoms with E-state index in [1.165, 1.54) is 25.7 Å². The average Bonchev–Trinajstić information content (AvgIpc) is 2.49. The maximum Gasteiger partial charge on any atom is 0.226 e. The summed E-state index contributed by atoms with van der Waals surface area (Å²) < 4.78 is 1.04. The predicted molar refractivity (Wildman–Crippen MR) is 88.2 cm³/mol. The minimum Gasteiger partial charge on any atom is -0.342 e. The van der Waals surface area contributed by atoms with E-state index in [0.717, 1.165) is 36.2 Å². The Bertz CT molecular complexity index is 501. The van der Waals surface area contributed by atoms with Crippen LogP contribution in [-0.2, 0) is 11.2 Å². The summed E-state index contributed by atoms with van der Waals surface area (Å²) in [5.74, 6) is 0.275. The van der Waals surface area contributed by atoms with Crippen molar-refractivity contribution in [2.45, 2.75) is 32.1 Å². The third-order valence-corrected chi connectivity index (χ3v) is 5.58. The number of rotatable bonds is 2. The third kappa shape index (κ3) is 3.67. The molecular formula is C17H23BrN2O. The highest BCUT2D eigenvalue weighted by molar-refractivity contribution is 9.10. The molecule has 2 aliphatic rings. The smallest absolute Gasteiger partial charge is 0.226 e. The van der Waals surface area contributed by atoms with Gasteiger partial charge in [-0.05, 0) is 61.9 Å². The van der Waals surface area contributed by atoms with Crippen LogP contribution in [0.3, 0.4) is 0 Å². The van der Waals surface area contributed by atoms with Crippen molar-refractivity contribution in [3.8, 4) is 0 Å². The normalized spacial score (nSPS) is 21.5. The fraction of sp³-hybridized carbons (Fsp3) is 0.588. The number of carbonyl (C=O) groups excluding carboxylic acids is 1. The second-order valence-corrected chi connectivity index (χ2v) is 7.35. The summed E-state index contributed by atoms with van der Waals surface area (Å²) >= 11 is 3.47. The minimum absolute atomic E-state index is 0.275. The van der Waals surface area contributed by atoms with Crippen molar-refractivity contribution >= 4 is 21.8 Å². The molecule has 0 saturated carbocycles. The van der Waals surface area contributed by atoms with Gasteiger partial charge in [0.1, 0.15) is 0 Å². The van der Waals surface area contributed by atoms with Crippen LogP contribution < -0.4 is 5.32 Å². The summed E-state index contributed by atoms with van der Waals surface area (Å²) in [5, 5.41) is 3.44. The zero-order valence-electron chi connectivity index (χ0n) is 12.4. The Morgan fingerprint density at radius 2 is 1.90 bits per heavy atom. The van der Waals surface area contributed by atoms with Crippen molar-refractivity contribution in [1.29, 1.82) is 0 Å². The van der Waals surface area contributed by atoms with E-state index in [-0.39, 0.29) is 5.91 Å². The summed E-state index contributed by atoms with van der Waals surface area (Å²) in [6, 6.07) is 8.06. The number of benzene rings is 1. The van der Waals surface area contributed by atoms with Gasteiger partial charge in [0.05, 0.1) is 6.42 Å². The molecule has 3 nitrogen and oxygen atoms in total. The van der Waals surface area contributed by atoms with Crippen LogP contribution >= 0.6 is 15.9 Å². The molecule has 114 valence electrons. The first-order valence-electron chi connectivity index (χ1n) is 7.90. The van der Waals surface area contributed by atoms with Gasteiger partial charge >= 0.3 is 0 Å². The summed E-state index contributed by atoms with van der Waals surface area (Å²) in [6.07, 6.45) is 5.44. The number of halogens is 1. The monoisotopic (exact) mass is 350 g/mol. The number of likely N-dealkylation sites (tertiary alicyclic amines) is 1. The molecule has 2 fully saturated rings. The van der Waals surface area contributed by atoms with Gasteiger partial charge in [-0.25, -0.2) is 0 Å². The van der Waals surface area contributed by atoms with Gasteiger partial charge in [-0.15, -0.1) is 0 Å². The lowest BCUT2D eigenvalue weighted by Gasteiger charge is -2.44. The Morgan fingerprint density at radius 1 is 1.19 bits per heavy atom. The lowest BCUT2D eigenvalue weighted by atomic mass is 9.71. The van der Waals surface area contributed by atoms with Gasteiger partial charge in [0.25, 0.3) is 0 Å². The molecule has 2 saturated heterocycles. The standard InChI is InChI=1S/C17H23BrN2O/c18-15-3-1-2-14(12-15)13-16(21)20-10-6-17(7-11-20)4-8-19-9-5-17/h1-3,12,19H,4-11,13H2. The van der Waals surface area contributed by atoms with Crippen LogP contribution in [0.15, 0.2) is 28.7 Å². The molecule has 0 unspecified atom stereocenters. The number of amides is 1. The van der Waals surface area contributed by atoms with Crippen LogP contribution in [0.1, 0.15) is 31.2 Å². The molecule has 1 aromatic carbocycles. The SMILES string of the molecule is O=C(Cc1cccc(Br)c1)N1CCC2(CCNCC2)CC1. The number of nitrogens with zero attached hydrogens (tertiary/aromatic N) is 1. The topological polar surface area (TPSA) is 32.3 Å². The lowest BCUT2D eigenvalue weighted by molar-refractivity contribution is -0.133. The van der Waals surface area contributed by atoms with E-state index >= 15 is 0 Å². The van der Waals surface area contributed by atoms with Crippen LogP contribution in [0, 0.1) is 5.41 Å². The average molecular weight is 351 g/mol. The third-order valence-electron chi connectivity index (χ3n) is 5.09. The molecule has 1 aromatic rings. The molecular weight excluding hydrogens is 328 g/mol. The Labute approximate surface area is 135 Å². The highest BCUT2D eigenvalue weighted by Crippen LogP contribution is 2.39. The zero-order valence-corrected chi connectivity index (χ0v) is 14.0. The largest absolute Gasteiger partial charge is 0.342 e. The molecule has 2 aliphatic heterocycles. The maximum atomic E-state index is 12.4. The van der Waals surface area contributed by atoms with Crippen molar-refractivity contribution in [1.82, 2.24) is 10.2 Å². The van der Waals surface area contributed by atoms with Gasteiger partial charge < -0.3 is 10.2 Å². The van der Waals surface area contributed by atoms with E-state index in [2.05, 4.69) is 26.1 Å². The molecule has 0 aliphatic carbocycles. The van der Waals surface area contributed by atoms with Gasteiger partial charge in [-0.1, -0.05) is 28.1 Å². The van der Waals surface area contributed by atoms with Crippen molar-refractivity contribution < 1.29 is 4.79 Å². The molecule has 0 radical (unpaired) electrons. The molecule has 1 spiro atoms. The minimum atomic E-state index is 0.275. The second-order valence-electron chi connectivity index (χ2n) is 6.44. The van der Waals surface area contributed by atoms with Gasteiger partial charge in [0.2, 0.25) is 5.91 Å². The molecule has 1 N–H and O–H groups in total. The van der Waals surface area contributed by atoms with Crippen molar-refractivity contribution in [2.24, 2.45) is 5.41 Å². The quantitative estimate of drug-likeness (QED) is 0.889. The van der Waals surface area contributed by atoms with E-state index in [9.17, 15) is 4.79 Å². The molecule has 3 rings (SSSR count). The van der Waals surface area contributed by atoms with Crippen LogP contribution in [0.2, 0.25) is 0 Å². The molecule has 0 aromatic heterocycles. The molecule has 2 heterocycles. The van der Waals surface area contributed by atoms with Crippen LogP contribution in [0.4, 0.5) is 0 Å². The fourth-order valence-corrected chi connectivity index (χ4v) is 4.07. The highest BCUT2D eigenvalue weighted by atomic mass is 79.9. The highest BCUT2D eigenvalue weighted by Gasteiger charge is 2.36. The number of hydrogen-bond acceptors (Lipinski definition) is 2. The Balaban J connectivity index is 1.55. The molecule has 0 atom stereocenters. The molecule has 4 heteroatoms. The number of piperidine rings is 2. The van der Waals surface area contributed by atoms with E-state index in [1.807, 2.05) is 24.3 Å². The lowest BCUT2D eigenvalue weighted by Crippen LogP contribution is -2.47. The summed E-state index contributed by atoms with van der Waals surface area (Å²) in [6.45, 7) is 4.16. The first-order valence-corrected chi connectivity index (χ1v) is 8.69. The van der Waals surface area contributed by atoms with Crippen molar-refractivity contribution in [3.63, 3.8) is 0 Å². The Morgan fingerprint density at radius 3 is 2.57 bits per heavy atom. The summed E-state index contributed by atoms with van der Waals surface area (Å²) in [5.41, 5.74) is 1.61. The van der Waals surface area contributed by atoms with Gasteiger partial charge in [-0.3, -0.25) is 4.79 Å². The van der Waals surface area contributed by atoms with E-state index < -0.39 is 0 Å². The number of nitrogens with one attached hydrogen (secondary N) is 1. The van der Waals surface area contributed by atoms with Crippen LogP contribution in [0.5, 0.6) is 0 Å². The van der Waals surface area contributed by atoms with Crippen LogP contribution in [0.25, 0.3) is 0 Å². The Hall–Kier alpha value is -0.870. The van der Waals surface area contributed by atoms with Gasteiger partial charge in [0.15, 0.2) is 0 Å². The van der Waals surface area contributed by atoms with Gasteiger partial charge in [0, 0.05) is 17.6 Å². The van der Waals surface area contributed by atoms with Crippen molar-refractivity contribution in [3.05, 3.63) is 34.3 Å². The summed E-state index contributed by atoms with van der Waals surface area (Å²) in [7, 11) is 0. The number of carbonyl (C=O) groups is 1. The molecule has 0 bridgehead atoms. The summed E-state index contributed by atoms with van der Waals surface area (Å²) in [4.78, 5) is 14.5. The zero-order chi connectivity index (χ0) is 14.7. The first-order chi connectivity index (χ1) is 10.2. The van der Waals surface area contributed by atoms with Gasteiger partial charge in [-0.2, -0.15) is 0 Å². The fourth-order valence-electron chi connectivity index (χ4n) is 3.62. The second kappa shape index (κ2) is 6.49. The van der Waals surface area contributed by atoms with Crippen molar-refractivity contribution in [2.75, 3.05) is 26.2 Å². The predicted octanol–water partition coefficient (Wildman–Crippen LogP) is 2.98. The molecule has 1 amide bonds. The Kier molecular flexibility index (Phi) is 4.65. The van der Waals surface area contributed by atoms with E-state index in [1.54, 1.807) is 0 Å². The number of hydrogen-bond donors (Lipinski definition) is 1. The molecule has 21 heavy (non-hydrogen) atoms. The van der Waals surface area contributed by atoms with E-state index in [4.69, 9.17) is 0 Å². The first kappa shape index (κ1) is 15.0.